The highest BCUT2D eigenvalue weighted by molar-refractivity contribution is 7.90. The van der Waals surface area contributed by atoms with E-state index >= 15 is 0 Å². The molecule has 0 bridgehead atoms. The summed E-state index contributed by atoms with van der Waals surface area (Å²) in [6.45, 7) is 15.9. The molecular formula is C20H33ClFNO3SSi. The molecule has 0 fully saturated rings. The van der Waals surface area contributed by atoms with Gasteiger partial charge in [0.25, 0.3) is 0 Å². The first kappa shape index (κ1) is 25.6. The maximum absolute atomic E-state index is 13.8. The number of hydrogen-bond acceptors (Lipinski definition) is 4. The van der Waals surface area contributed by atoms with Crippen molar-refractivity contribution in [3.05, 3.63) is 34.6 Å². The number of aldehydes is 1. The third-order valence-corrected chi connectivity index (χ3v) is 11.3. The van der Waals surface area contributed by atoms with E-state index in [1.807, 2.05) is 20.8 Å². The molecule has 1 rings (SSSR count). The zero-order valence-corrected chi connectivity index (χ0v) is 20.6. The Kier molecular flexibility index (Phi) is 8.75. The zero-order valence-electron chi connectivity index (χ0n) is 18.1. The average molecular weight is 450 g/mol. The van der Waals surface area contributed by atoms with Gasteiger partial charge in [-0.2, -0.15) is 0 Å². The quantitative estimate of drug-likeness (QED) is 0.343. The molecule has 0 saturated carbocycles. The predicted octanol–water partition coefficient (Wildman–Crippen LogP) is 5.03. The molecule has 0 radical (unpaired) electrons. The van der Waals surface area contributed by atoms with Crippen molar-refractivity contribution < 1.29 is 18.2 Å². The maximum atomic E-state index is 13.8. The molecule has 0 aliphatic carbocycles. The van der Waals surface area contributed by atoms with Crippen LogP contribution in [0.15, 0.2) is 18.2 Å². The van der Waals surface area contributed by atoms with Gasteiger partial charge in [-0.1, -0.05) is 32.4 Å². The minimum atomic E-state index is -2.26. The molecule has 1 N–H and O–H groups in total. The fourth-order valence-electron chi connectivity index (χ4n) is 2.24. The van der Waals surface area contributed by atoms with Crippen LogP contribution in [0.5, 0.6) is 0 Å². The largest absolute Gasteiger partial charge is 0.598 e. The standard InChI is InChI=1S/C20H33ClFNO3SSi/c1-19(2,3)27(25)23-17(11-14-9-15(21)12-16(22)10-14)18(13-24)26-28(7,8)20(4,5)6/h9-10,12-13,17-18,23H,11H2,1-8H3/t17-,18+,27-/m0/s1. The van der Waals surface area contributed by atoms with E-state index in [4.69, 9.17) is 16.0 Å². The molecule has 0 spiro atoms. The summed E-state index contributed by atoms with van der Waals surface area (Å²) in [4.78, 5) is 12.0. The molecule has 0 aromatic heterocycles. The Morgan fingerprint density at radius 1 is 1.25 bits per heavy atom. The molecular weight excluding hydrogens is 417 g/mol. The predicted molar refractivity (Wildman–Crippen MR) is 118 cm³/mol. The Morgan fingerprint density at radius 2 is 1.82 bits per heavy atom. The third kappa shape index (κ3) is 7.43. The van der Waals surface area contributed by atoms with Gasteiger partial charge in [0.2, 0.25) is 0 Å². The molecule has 28 heavy (non-hydrogen) atoms. The molecule has 1 aromatic rings. The van der Waals surface area contributed by atoms with Gasteiger partial charge in [0, 0.05) is 16.4 Å². The van der Waals surface area contributed by atoms with Gasteiger partial charge >= 0.3 is 0 Å². The van der Waals surface area contributed by atoms with Gasteiger partial charge in [0.15, 0.2) is 8.32 Å². The Balaban J connectivity index is 3.21. The lowest BCUT2D eigenvalue weighted by Gasteiger charge is -2.40. The molecule has 0 amide bonds. The molecule has 0 saturated heterocycles. The van der Waals surface area contributed by atoms with Gasteiger partial charge in [-0.15, -0.1) is 4.72 Å². The minimum Gasteiger partial charge on any atom is -0.598 e. The molecule has 0 aliphatic heterocycles. The summed E-state index contributed by atoms with van der Waals surface area (Å²) < 4.78 is 35.3. The summed E-state index contributed by atoms with van der Waals surface area (Å²) in [6, 6.07) is 3.66. The molecule has 4 nitrogen and oxygen atoms in total. The van der Waals surface area contributed by atoms with Gasteiger partial charge in [0.1, 0.15) is 23.0 Å². The molecule has 0 aliphatic rings. The number of halogens is 2. The first-order chi connectivity index (χ1) is 12.6. The van der Waals surface area contributed by atoms with Gasteiger partial charge in [-0.25, -0.2) is 4.39 Å². The van der Waals surface area contributed by atoms with Crippen molar-refractivity contribution in [3.8, 4) is 0 Å². The second-order valence-corrected chi connectivity index (χ2v) is 16.8. The van der Waals surface area contributed by atoms with E-state index < -0.39 is 42.4 Å². The van der Waals surface area contributed by atoms with Crippen molar-refractivity contribution >= 4 is 37.6 Å². The van der Waals surface area contributed by atoms with E-state index in [-0.39, 0.29) is 16.5 Å². The van der Waals surface area contributed by atoms with Crippen molar-refractivity contribution in [1.29, 1.82) is 0 Å². The average Bonchev–Trinajstić information content (AvgIpc) is 2.48. The number of hydrogen-bond donors (Lipinski definition) is 1. The lowest BCUT2D eigenvalue weighted by atomic mass is 10.0. The van der Waals surface area contributed by atoms with Gasteiger partial charge in [0.05, 0.1) is 6.04 Å². The van der Waals surface area contributed by atoms with Crippen LogP contribution < -0.4 is 4.72 Å². The number of carbonyl (C=O) groups excluding carboxylic acids is 1. The minimum absolute atomic E-state index is 0.0931. The van der Waals surface area contributed by atoms with Gasteiger partial charge < -0.3 is 13.8 Å². The molecule has 1 aromatic carbocycles. The monoisotopic (exact) mass is 449 g/mol. The van der Waals surface area contributed by atoms with Crippen LogP contribution in [0.3, 0.4) is 0 Å². The van der Waals surface area contributed by atoms with Crippen LogP contribution in [0.1, 0.15) is 47.1 Å². The zero-order chi connectivity index (χ0) is 21.9. The van der Waals surface area contributed by atoms with E-state index in [2.05, 4.69) is 38.6 Å². The van der Waals surface area contributed by atoms with Gasteiger partial charge in [-0.05, 0) is 69.1 Å². The van der Waals surface area contributed by atoms with Crippen molar-refractivity contribution in [3.63, 3.8) is 0 Å². The summed E-state index contributed by atoms with van der Waals surface area (Å²) in [5, 5.41) is 0.183. The highest BCUT2D eigenvalue weighted by Crippen LogP contribution is 2.37. The molecule has 3 atom stereocenters. The third-order valence-electron chi connectivity index (χ3n) is 4.96. The van der Waals surface area contributed by atoms with Crippen LogP contribution >= 0.6 is 11.6 Å². The normalized spacial score (nSPS) is 16.5. The second kappa shape index (κ2) is 9.58. The van der Waals surface area contributed by atoms with Crippen LogP contribution in [0.25, 0.3) is 0 Å². The van der Waals surface area contributed by atoms with E-state index in [0.717, 1.165) is 6.29 Å². The van der Waals surface area contributed by atoms with Crippen LogP contribution in [-0.2, 0) is 27.0 Å². The highest BCUT2D eigenvalue weighted by atomic mass is 35.5. The molecule has 0 heterocycles. The number of benzene rings is 1. The number of rotatable bonds is 8. The van der Waals surface area contributed by atoms with E-state index in [1.165, 1.54) is 12.1 Å². The van der Waals surface area contributed by atoms with Crippen molar-refractivity contribution in [2.45, 2.75) is 83.0 Å². The lowest BCUT2D eigenvalue weighted by molar-refractivity contribution is -0.115. The smallest absolute Gasteiger partial charge is 0.193 e. The Bertz CT molecular complexity index is 656. The summed E-state index contributed by atoms with van der Waals surface area (Å²) in [6.07, 6.45) is 0.199. The molecule has 160 valence electrons. The Morgan fingerprint density at radius 3 is 2.25 bits per heavy atom. The summed E-state index contributed by atoms with van der Waals surface area (Å²) in [5.74, 6) is -0.453. The lowest BCUT2D eigenvalue weighted by Crippen LogP contribution is -2.55. The maximum Gasteiger partial charge on any atom is 0.193 e. The topological polar surface area (TPSA) is 61.4 Å². The molecule has 8 heteroatoms. The number of carbonyl (C=O) groups is 1. The Labute approximate surface area is 178 Å². The number of nitrogens with one attached hydrogen (secondary N) is 1. The molecule has 0 unspecified atom stereocenters. The van der Waals surface area contributed by atoms with Crippen LogP contribution in [0.2, 0.25) is 23.2 Å². The summed E-state index contributed by atoms with van der Waals surface area (Å²) in [7, 11) is -2.26. The van der Waals surface area contributed by atoms with E-state index in [0.29, 0.717) is 5.56 Å². The highest BCUT2D eigenvalue weighted by Gasteiger charge is 2.42. The van der Waals surface area contributed by atoms with Crippen molar-refractivity contribution in [2.75, 3.05) is 0 Å². The van der Waals surface area contributed by atoms with Gasteiger partial charge in [-0.3, -0.25) is 0 Å². The summed E-state index contributed by atoms with van der Waals surface area (Å²) >= 11 is 4.55. The van der Waals surface area contributed by atoms with Crippen LogP contribution in [0, 0.1) is 5.82 Å². The fraction of sp³-hybridized carbons (Fsp3) is 0.650. The van der Waals surface area contributed by atoms with Crippen molar-refractivity contribution in [2.24, 2.45) is 0 Å². The second-order valence-electron chi connectivity index (χ2n) is 9.57. The first-order valence-corrected chi connectivity index (χ1v) is 13.8. The van der Waals surface area contributed by atoms with Crippen LogP contribution in [-0.4, -0.2) is 36.0 Å². The van der Waals surface area contributed by atoms with E-state index in [9.17, 15) is 13.7 Å². The van der Waals surface area contributed by atoms with E-state index in [1.54, 1.807) is 6.07 Å². The summed E-state index contributed by atoms with van der Waals surface area (Å²) in [5.41, 5.74) is 0.610. The first-order valence-electron chi connectivity index (χ1n) is 9.33. The Hall–Kier alpha value is -0.443. The van der Waals surface area contributed by atoms with Crippen LogP contribution in [0.4, 0.5) is 4.39 Å². The fourth-order valence-corrected chi connectivity index (χ4v) is 4.59. The van der Waals surface area contributed by atoms with Crippen molar-refractivity contribution in [1.82, 2.24) is 4.72 Å². The SMILES string of the molecule is CC(C)(C)[S@+]([O-])N[C@@H](Cc1cc(F)cc(Cl)c1)[C@@H](C=O)O[Si](C)(C)C(C)(C)C.